The first-order chi connectivity index (χ1) is 7.66. The number of fused-ring (bicyclic) bond motifs is 1. The molecule has 2 rings (SSSR count). The lowest BCUT2D eigenvalue weighted by atomic mass is 10.00. The van der Waals surface area contributed by atoms with Crippen LogP contribution in [0.3, 0.4) is 0 Å². The summed E-state index contributed by atoms with van der Waals surface area (Å²) in [4.78, 5) is 0. The van der Waals surface area contributed by atoms with E-state index in [0.29, 0.717) is 0 Å². The molecule has 16 heavy (non-hydrogen) atoms. The Kier molecular flexibility index (Phi) is 2.88. The maximum Gasteiger partial charge on any atom is 0.116 e. The van der Waals surface area contributed by atoms with E-state index in [-0.39, 0.29) is 5.66 Å². The molecule has 1 aromatic rings. The molecule has 3 N–H and O–H groups in total. The molecule has 0 aliphatic carbocycles. The molecule has 1 aromatic carbocycles. The lowest BCUT2D eigenvalue weighted by Gasteiger charge is -2.29. The van der Waals surface area contributed by atoms with Crippen molar-refractivity contribution in [3.8, 4) is 0 Å². The van der Waals surface area contributed by atoms with Crippen LogP contribution in [0.15, 0.2) is 18.2 Å². The zero-order valence-corrected chi connectivity index (χ0v) is 10.4. The Hall–Kier alpha value is -1.10. The van der Waals surface area contributed by atoms with E-state index in [4.69, 9.17) is 0 Å². The van der Waals surface area contributed by atoms with Gasteiger partial charge in [0.05, 0.1) is 12.2 Å². The van der Waals surface area contributed by atoms with Crippen LogP contribution in [0.25, 0.3) is 0 Å². The molecule has 0 fully saturated rings. The minimum atomic E-state index is -0.162. The number of benzene rings is 1. The van der Waals surface area contributed by atoms with Gasteiger partial charge in [0, 0.05) is 12.6 Å². The third-order valence-corrected chi connectivity index (χ3v) is 3.42. The minimum Gasteiger partial charge on any atom is -0.305 e. The van der Waals surface area contributed by atoms with E-state index < -0.39 is 0 Å². The van der Waals surface area contributed by atoms with Gasteiger partial charge in [-0.25, -0.2) is 5.43 Å². The quantitative estimate of drug-likeness (QED) is 0.650. The zero-order chi connectivity index (χ0) is 11.8. The van der Waals surface area contributed by atoms with Crippen molar-refractivity contribution in [1.82, 2.24) is 16.1 Å². The number of rotatable bonds is 3. The van der Waals surface area contributed by atoms with E-state index in [9.17, 15) is 0 Å². The van der Waals surface area contributed by atoms with Crippen LogP contribution >= 0.6 is 0 Å². The highest BCUT2D eigenvalue weighted by atomic mass is 15.5. The summed E-state index contributed by atoms with van der Waals surface area (Å²) in [6, 6.07) is 6.54. The molecule has 0 saturated carbocycles. The van der Waals surface area contributed by atoms with Crippen LogP contribution in [0.4, 0.5) is 5.69 Å². The maximum absolute atomic E-state index is 3.38. The van der Waals surface area contributed by atoms with Crippen LogP contribution < -0.4 is 21.1 Å². The monoisotopic (exact) mass is 220 g/mol. The van der Waals surface area contributed by atoms with Gasteiger partial charge in [0.25, 0.3) is 0 Å². The predicted molar refractivity (Wildman–Crippen MR) is 67.4 cm³/mol. The fraction of sp³-hybridized carbons (Fsp3) is 0.500. The molecule has 0 amide bonds. The van der Waals surface area contributed by atoms with Crippen molar-refractivity contribution in [3.63, 3.8) is 0 Å². The molecular formula is C12H20N4. The van der Waals surface area contributed by atoms with E-state index in [1.807, 2.05) is 21.1 Å². The second-order valence-electron chi connectivity index (χ2n) is 4.24. The summed E-state index contributed by atoms with van der Waals surface area (Å²) in [7, 11) is 5.93. The molecule has 0 saturated heterocycles. The molecule has 4 nitrogen and oxygen atoms in total. The van der Waals surface area contributed by atoms with E-state index in [1.165, 1.54) is 16.8 Å². The number of hydrogen-bond donors (Lipinski definition) is 3. The van der Waals surface area contributed by atoms with Gasteiger partial charge in [0.1, 0.15) is 5.66 Å². The molecule has 1 aliphatic heterocycles. The summed E-state index contributed by atoms with van der Waals surface area (Å²) in [6.07, 6.45) is 0. The summed E-state index contributed by atoms with van der Waals surface area (Å²) in [6.45, 7) is 2.99. The molecule has 0 unspecified atom stereocenters. The predicted octanol–water partition coefficient (Wildman–Crippen LogP) is 0.541. The summed E-state index contributed by atoms with van der Waals surface area (Å²) < 4.78 is 0. The van der Waals surface area contributed by atoms with Gasteiger partial charge < -0.3 is 5.01 Å². The third-order valence-electron chi connectivity index (χ3n) is 3.42. The van der Waals surface area contributed by atoms with Crippen molar-refractivity contribution in [2.24, 2.45) is 0 Å². The second-order valence-corrected chi connectivity index (χ2v) is 4.24. The number of hydrazine groups is 1. The Morgan fingerprint density at radius 3 is 2.44 bits per heavy atom. The van der Waals surface area contributed by atoms with E-state index in [0.717, 1.165) is 6.54 Å². The number of aryl methyl sites for hydroxylation is 1. The smallest absolute Gasteiger partial charge is 0.116 e. The third kappa shape index (κ3) is 1.50. The molecule has 0 radical (unpaired) electrons. The van der Waals surface area contributed by atoms with Crippen LogP contribution in [0.1, 0.15) is 11.1 Å². The van der Waals surface area contributed by atoms with Crippen LogP contribution in [0, 0.1) is 6.92 Å². The van der Waals surface area contributed by atoms with Crippen LogP contribution in [0.2, 0.25) is 0 Å². The Morgan fingerprint density at radius 1 is 1.19 bits per heavy atom. The van der Waals surface area contributed by atoms with Crippen molar-refractivity contribution in [2.75, 3.05) is 32.7 Å². The van der Waals surface area contributed by atoms with Gasteiger partial charge in [-0.05, 0) is 27.1 Å². The number of likely N-dealkylation sites (N-methyl/N-ethyl adjacent to an activating group) is 2. The number of anilines is 1. The summed E-state index contributed by atoms with van der Waals surface area (Å²) in [5, 5.41) is 8.92. The average molecular weight is 220 g/mol. The molecule has 0 spiro atoms. The van der Waals surface area contributed by atoms with Gasteiger partial charge in [0.15, 0.2) is 0 Å². The van der Waals surface area contributed by atoms with Gasteiger partial charge >= 0.3 is 0 Å². The first-order valence-electron chi connectivity index (χ1n) is 5.61. The normalized spacial score (nSPS) is 17.6. The Morgan fingerprint density at radius 2 is 1.88 bits per heavy atom. The van der Waals surface area contributed by atoms with Crippen LogP contribution in [-0.4, -0.2) is 27.7 Å². The Balaban J connectivity index is 2.54. The Labute approximate surface area is 97.0 Å². The summed E-state index contributed by atoms with van der Waals surface area (Å²) in [5.41, 5.74) is 6.87. The molecule has 1 heterocycles. The van der Waals surface area contributed by atoms with Crippen molar-refractivity contribution >= 4 is 5.69 Å². The highest BCUT2D eigenvalue weighted by Crippen LogP contribution is 2.36. The van der Waals surface area contributed by atoms with Crippen molar-refractivity contribution in [1.29, 1.82) is 0 Å². The maximum atomic E-state index is 3.38. The van der Waals surface area contributed by atoms with Crippen LogP contribution in [-0.2, 0) is 5.66 Å². The van der Waals surface area contributed by atoms with Gasteiger partial charge in [-0.1, -0.05) is 17.7 Å². The van der Waals surface area contributed by atoms with Gasteiger partial charge in [0.2, 0.25) is 0 Å². The van der Waals surface area contributed by atoms with Crippen molar-refractivity contribution < 1.29 is 0 Å². The topological polar surface area (TPSA) is 39.3 Å². The lowest BCUT2D eigenvalue weighted by molar-refractivity contribution is 0.320. The fourth-order valence-electron chi connectivity index (χ4n) is 2.39. The first-order valence-corrected chi connectivity index (χ1v) is 5.61. The number of hydrogen-bond acceptors (Lipinski definition) is 4. The van der Waals surface area contributed by atoms with Crippen LogP contribution in [0.5, 0.6) is 0 Å². The summed E-state index contributed by atoms with van der Waals surface area (Å²) >= 11 is 0. The highest BCUT2D eigenvalue weighted by molar-refractivity contribution is 5.62. The molecular weight excluding hydrogens is 200 g/mol. The second kappa shape index (κ2) is 4.05. The van der Waals surface area contributed by atoms with E-state index in [2.05, 4.69) is 46.2 Å². The largest absolute Gasteiger partial charge is 0.305 e. The van der Waals surface area contributed by atoms with Gasteiger partial charge in [-0.3, -0.25) is 10.6 Å². The van der Waals surface area contributed by atoms with Crippen molar-refractivity contribution in [2.45, 2.75) is 12.6 Å². The number of nitrogens with zero attached hydrogens (tertiary/aromatic N) is 1. The zero-order valence-electron chi connectivity index (χ0n) is 10.4. The van der Waals surface area contributed by atoms with Gasteiger partial charge in [-0.2, -0.15) is 0 Å². The Bertz CT molecular complexity index is 385. The number of nitrogens with one attached hydrogen (secondary N) is 3. The van der Waals surface area contributed by atoms with E-state index in [1.54, 1.807) is 0 Å². The molecule has 88 valence electrons. The molecule has 0 atom stereocenters. The van der Waals surface area contributed by atoms with Gasteiger partial charge in [-0.15, -0.1) is 0 Å². The van der Waals surface area contributed by atoms with E-state index >= 15 is 0 Å². The molecule has 4 heteroatoms. The first kappa shape index (κ1) is 11.4. The highest BCUT2D eigenvalue weighted by Gasteiger charge is 2.40. The molecule has 0 aromatic heterocycles. The van der Waals surface area contributed by atoms with Crippen molar-refractivity contribution in [3.05, 3.63) is 29.3 Å². The summed E-state index contributed by atoms with van der Waals surface area (Å²) in [5.74, 6) is 0. The standard InChI is InChI=1S/C12H20N4/c1-9-5-6-11-10(7-9)12(13-2,14-3)8-16(11)15-4/h5-7,13-15H,8H2,1-4H3. The fourth-order valence-corrected chi connectivity index (χ4v) is 2.39. The average Bonchev–Trinajstić information content (AvgIpc) is 2.63. The SMILES string of the molecule is CNN1CC(NC)(NC)c2cc(C)ccc21. The lowest BCUT2D eigenvalue weighted by Crippen LogP contribution is -2.55. The minimum absolute atomic E-state index is 0.162. The molecule has 1 aliphatic rings. The molecule has 0 bridgehead atoms.